The van der Waals surface area contributed by atoms with E-state index in [1.54, 1.807) is 0 Å². The van der Waals surface area contributed by atoms with Crippen molar-refractivity contribution in [1.82, 2.24) is 4.98 Å². The molecular formula is C21H15BrN2S. The fraction of sp³-hybridized carbons (Fsp3) is 0.0476. The van der Waals surface area contributed by atoms with Crippen molar-refractivity contribution in [3.8, 4) is 17.3 Å². The van der Waals surface area contributed by atoms with Crippen LogP contribution in [0.4, 0.5) is 0 Å². The number of aromatic nitrogens is 1. The van der Waals surface area contributed by atoms with E-state index in [2.05, 4.69) is 58.2 Å². The second-order valence-corrected chi connectivity index (χ2v) is 7.29. The van der Waals surface area contributed by atoms with Gasteiger partial charge in [-0.2, -0.15) is 5.26 Å². The Bertz CT molecular complexity index is 961. The highest BCUT2D eigenvalue weighted by molar-refractivity contribution is 9.12. The van der Waals surface area contributed by atoms with Crippen LogP contribution in [0.15, 0.2) is 70.5 Å². The number of rotatable bonds is 4. The van der Waals surface area contributed by atoms with E-state index < -0.39 is 0 Å². The van der Waals surface area contributed by atoms with Crippen molar-refractivity contribution in [1.29, 1.82) is 5.26 Å². The standard InChI is InChI=1S/C21H15BrN2S/c1-15-7-9-17(10-8-15)20-14-25-21(24-20)18(13-23)12-19(22)11-16-5-3-2-4-6-16/h2-12,14H,1H3. The van der Waals surface area contributed by atoms with Crippen molar-refractivity contribution < 1.29 is 0 Å². The van der Waals surface area contributed by atoms with E-state index in [-0.39, 0.29) is 0 Å². The number of thiazole rings is 1. The second-order valence-electron chi connectivity index (χ2n) is 5.51. The Morgan fingerprint density at radius 2 is 1.84 bits per heavy atom. The summed E-state index contributed by atoms with van der Waals surface area (Å²) in [5.74, 6) is 0. The maximum Gasteiger partial charge on any atom is 0.134 e. The SMILES string of the molecule is Cc1ccc(-c2csc(C(C#N)=CC(Br)=Cc3ccccc3)n2)cc1. The second kappa shape index (κ2) is 8.06. The van der Waals surface area contributed by atoms with E-state index in [9.17, 15) is 5.26 Å². The predicted octanol–water partition coefficient (Wildman–Crippen LogP) is 6.46. The van der Waals surface area contributed by atoms with Crippen LogP contribution >= 0.6 is 27.3 Å². The zero-order chi connectivity index (χ0) is 17.6. The van der Waals surface area contributed by atoms with Crippen molar-refractivity contribution in [2.24, 2.45) is 0 Å². The van der Waals surface area contributed by atoms with Crippen molar-refractivity contribution in [2.75, 3.05) is 0 Å². The highest BCUT2D eigenvalue weighted by atomic mass is 79.9. The molecule has 3 rings (SSSR count). The molecule has 0 saturated heterocycles. The average Bonchev–Trinajstić information content (AvgIpc) is 3.11. The smallest absolute Gasteiger partial charge is 0.134 e. The molecule has 0 atom stereocenters. The Kier molecular flexibility index (Phi) is 5.60. The molecule has 0 aliphatic carbocycles. The van der Waals surface area contributed by atoms with Crippen molar-refractivity contribution >= 4 is 38.9 Å². The number of nitriles is 1. The van der Waals surface area contributed by atoms with Crippen molar-refractivity contribution in [3.63, 3.8) is 0 Å². The van der Waals surface area contributed by atoms with E-state index in [0.717, 1.165) is 26.3 Å². The van der Waals surface area contributed by atoms with Gasteiger partial charge in [-0.1, -0.05) is 76.1 Å². The summed E-state index contributed by atoms with van der Waals surface area (Å²) in [6.07, 6.45) is 3.79. The molecule has 0 aliphatic heterocycles. The van der Waals surface area contributed by atoms with E-state index >= 15 is 0 Å². The van der Waals surface area contributed by atoms with Crippen molar-refractivity contribution in [3.05, 3.63) is 86.7 Å². The van der Waals surface area contributed by atoms with Crippen LogP contribution in [0.5, 0.6) is 0 Å². The first kappa shape index (κ1) is 17.3. The quantitative estimate of drug-likeness (QED) is 0.368. The van der Waals surface area contributed by atoms with E-state index in [4.69, 9.17) is 0 Å². The Morgan fingerprint density at radius 1 is 1.12 bits per heavy atom. The molecule has 2 nitrogen and oxygen atoms in total. The van der Waals surface area contributed by atoms with E-state index in [1.807, 2.05) is 47.9 Å². The van der Waals surface area contributed by atoms with Crippen molar-refractivity contribution in [2.45, 2.75) is 6.92 Å². The number of hydrogen-bond donors (Lipinski definition) is 0. The van der Waals surface area contributed by atoms with Gasteiger partial charge in [-0.25, -0.2) is 4.98 Å². The van der Waals surface area contributed by atoms with Gasteiger partial charge in [0.1, 0.15) is 11.1 Å². The minimum Gasteiger partial charge on any atom is -0.235 e. The average molecular weight is 407 g/mol. The number of aryl methyl sites for hydroxylation is 1. The molecule has 0 unspecified atom stereocenters. The zero-order valence-electron chi connectivity index (χ0n) is 13.6. The fourth-order valence-electron chi connectivity index (χ4n) is 2.28. The first-order valence-electron chi connectivity index (χ1n) is 7.73. The third kappa shape index (κ3) is 4.54. The maximum absolute atomic E-state index is 9.51. The minimum absolute atomic E-state index is 0.544. The van der Waals surface area contributed by atoms with Gasteiger partial charge < -0.3 is 0 Å². The van der Waals surface area contributed by atoms with E-state index in [1.165, 1.54) is 16.9 Å². The molecule has 1 aromatic heterocycles. The molecule has 0 bridgehead atoms. The first-order valence-corrected chi connectivity index (χ1v) is 9.40. The van der Waals surface area contributed by atoms with Crippen LogP contribution in [0.3, 0.4) is 0 Å². The molecule has 0 N–H and O–H groups in total. The Balaban J connectivity index is 1.88. The summed E-state index contributed by atoms with van der Waals surface area (Å²) >= 11 is 5.00. The molecule has 0 radical (unpaired) electrons. The molecule has 0 amide bonds. The molecule has 2 aromatic carbocycles. The third-order valence-electron chi connectivity index (χ3n) is 3.59. The summed E-state index contributed by atoms with van der Waals surface area (Å²) in [7, 11) is 0. The van der Waals surface area contributed by atoms with Crippen LogP contribution in [-0.4, -0.2) is 4.98 Å². The lowest BCUT2D eigenvalue weighted by Crippen LogP contribution is -1.83. The van der Waals surface area contributed by atoms with Crippen LogP contribution in [0, 0.1) is 18.3 Å². The highest BCUT2D eigenvalue weighted by Crippen LogP contribution is 2.28. The summed E-state index contributed by atoms with van der Waals surface area (Å²) in [4.78, 5) is 4.62. The summed E-state index contributed by atoms with van der Waals surface area (Å²) in [6, 6.07) is 20.4. The van der Waals surface area contributed by atoms with Crippen LogP contribution in [0.25, 0.3) is 22.9 Å². The van der Waals surface area contributed by atoms with Gasteiger partial charge in [0.05, 0.1) is 11.3 Å². The van der Waals surface area contributed by atoms with Gasteiger partial charge in [-0.15, -0.1) is 11.3 Å². The van der Waals surface area contributed by atoms with Crippen LogP contribution in [-0.2, 0) is 0 Å². The molecule has 25 heavy (non-hydrogen) atoms. The van der Waals surface area contributed by atoms with Gasteiger partial charge in [0, 0.05) is 15.4 Å². The normalized spacial score (nSPS) is 12.0. The van der Waals surface area contributed by atoms with Gasteiger partial charge in [0.2, 0.25) is 0 Å². The van der Waals surface area contributed by atoms with Gasteiger partial charge in [-0.05, 0) is 24.6 Å². The number of nitrogens with zero attached hydrogens (tertiary/aromatic N) is 2. The first-order chi connectivity index (χ1) is 12.2. The molecule has 0 fully saturated rings. The summed E-state index contributed by atoms with van der Waals surface area (Å²) in [6.45, 7) is 2.06. The topological polar surface area (TPSA) is 36.7 Å². The zero-order valence-corrected chi connectivity index (χ0v) is 16.0. The molecule has 122 valence electrons. The maximum atomic E-state index is 9.51. The number of hydrogen-bond acceptors (Lipinski definition) is 3. The summed E-state index contributed by atoms with van der Waals surface area (Å²) < 4.78 is 0.835. The molecule has 0 saturated carbocycles. The molecule has 3 aromatic rings. The van der Waals surface area contributed by atoms with Crippen LogP contribution in [0.1, 0.15) is 16.1 Å². The molecule has 1 heterocycles. The highest BCUT2D eigenvalue weighted by Gasteiger charge is 2.09. The lowest BCUT2D eigenvalue weighted by molar-refractivity contribution is 1.36. The minimum atomic E-state index is 0.544. The van der Waals surface area contributed by atoms with E-state index in [0.29, 0.717) is 5.57 Å². The Morgan fingerprint density at radius 3 is 2.52 bits per heavy atom. The van der Waals surface area contributed by atoms with Crippen LogP contribution < -0.4 is 0 Å². The van der Waals surface area contributed by atoms with Gasteiger partial charge in [0.25, 0.3) is 0 Å². The predicted molar refractivity (Wildman–Crippen MR) is 109 cm³/mol. The lowest BCUT2D eigenvalue weighted by atomic mass is 10.1. The number of halogens is 1. The molecule has 0 aliphatic rings. The Labute approximate surface area is 159 Å². The largest absolute Gasteiger partial charge is 0.235 e. The van der Waals surface area contributed by atoms with Gasteiger partial charge >= 0.3 is 0 Å². The molecular weight excluding hydrogens is 392 g/mol. The lowest BCUT2D eigenvalue weighted by Gasteiger charge is -1.98. The summed E-state index contributed by atoms with van der Waals surface area (Å²) in [5.41, 5.74) is 4.78. The van der Waals surface area contributed by atoms with Gasteiger partial charge in [-0.3, -0.25) is 0 Å². The number of benzene rings is 2. The van der Waals surface area contributed by atoms with Crippen LogP contribution in [0.2, 0.25) is 0 Å². The van der Waals surface area contributed by atoms with Gasteiger partial charge in [0.15, 0.2) is 0 Å². The molecule has 4 heteroatoms. The fourth-order valence-corrected chi connectivity index (χ4v) is 3.57. The molecule has 0 spiro atoms. The Hall–Kier alpha value is -2.48. The monoisotopic (exact) mass is 406 g/mol. The number of allylic oxidation sites excluding steroid dienone is 3. The third-order valence-corrected chi connectivity index (χ3v) is 4.92. The summed E-state index contributed by atoms with van der Waals surface area (Å²) in [5, 5.41) is 12.2.